The maximum absolute atomic E-state index is 12.6. The summed E-state index contributed by atoms with van der Waals surface area (Å²) in [7, 11) is 0. The minimum absolute atomic E-state index is 0.00117. The second kappa shape index (κ2) is 6.20. The zero-order chi connectivity index (χ0) is 13.9. The number of carbonyl (C=O) groups excluding carboxylic acids is 1. The molecule has 1 aromatic carbocycles. The van der Waals surface area contributed by atoms with Crippen molar-refractivity contribution < 1.29 is 4.79 Å². The summed E-state index contributed by atoms with van der Waals surface area (Å²) in [5.74, 6) is 0.966. The third-order valence-electron chi connectivity index (χ3n) is 3.27. The normalized spacial score (nSPS) is 20.1. The summed E-state index contributed by atoms with van der Waals surface area (Å²) in [5, 5.41) is 1.57. The van der Waals surface area contributed by atoms with Crippen molar-refractivity contribution in [1.82, 2.24) is 4.90 Å². The summed E-state index contributed by atoms with van der Waals surface area (Å²) in [5.41, 5.74) is 0.862. The van der Waals surface area contributed by atoms with Gasteiger partial charge in [-0.2, -0.15) is 0 Å². The van der Waals surface area contributed by atoms with Crippen LogP contribution in [0.3, 0.4) is 0 Å². The highest BCUT2D eigenvalue weighted by molar-refractivity contribution is 7.99. The van der Waals surface area contributed by atoms with Crippen LogP contribution in [-0.2, 0) is 4.79 Å². The van der Waals surface area contributed by atoms with Gasteiger partial charge in [-0.3, -0.25) is 4.79 Å². The predicted molar refractivity (Wildman–Crippen MR) is 86.3 cm³/mol. The minimum Gasteiger partial charge on any atom is -0.323 e. The molecule has 0 saturated carbocycles. The van der Waals surface area contributed by atoms with Crippen molar-refractivity contribution in [2.75, 3.05) is 12.3 Å². The van der Waals surface area contributed by atoms with Gasteiger partial charge in [0.05, 0.1) is 0 Å². The van der Waals surface area contributed by atoms with Gasteiger partial charge in [-0.15, -0.1) is 34.7 Å². The highest BCUT2D eigenvalue weighted by Gasteiger charge is 2.34. The molecule has 1 amide bonds. The molecule has 0 spiro atoms. The molecule has 1 aliphatic heterocycles. The van der Waals surface area contributed by atoms with Crippen LogP contribution in [0.4, 0.5) is 0 Å². The third kappa shape index (κ3) is 2.73. The van der Waals surface area contributed by atoms with E-state index in [2.05, 4.69) is 6.07 Å². The average Bonchev–Trinajstić information content (AvgIpc) is 3.16. The van der Waals surface area contributed by atoms with Crippen molar-refractivity contribution in [2.24, 2.45) is 0 Å². The van der Waals surface area contributed by atoms with Gasteiger partial charge in [0, 0.05) is 17.2 Å². The van der Waals surface area contributed by atoms with Crippen LogP contribution >= 0.6 is 34.7 Å². The Balaban J connectivity index is 1.79. The molecule has 0 N–H and O–H groups in total. The number of nitrogens with zero attached hydrogens (tertiary/aromatic N) is 1. The predicted octanol–water partition coefficient (Wildman–Crippen LogP) is 4.30. The largest absolute Gasteiger partial charge is 0.323 e. The first-order chi connectivity index (χ1) is 9.77. The van der Waals surface area contributed by atoms with Gasteiger partial charge >= 0.3 is 0 Å². The molecule has 0 aliphatic carbocycles. The van der Waals surface area contributed by atoms with Crippen LogP contribution in [0.15, 0.2) is 47.8 Å². The number of carbonyl (C=O) groups is 1. The van der Waals surface area contributed by atoms with Crippen LogP contribution in [0.1, 0.15) is 21.2 Å². The van der Waals surface area contributed by atoms with E-state index < -0.39 is 5.38 Å². The maximum Gasteiger partial charge on any atom is 0.246 e. The van der Waals surface area contributed by atoms with Gasteiger partial charge in [0.1, 0.15) is 10.8 Å². The van der Waals surface area contributed by atoms with Crippen molar-refractivity contribution >= 4 is 40.6 Å². The lowest BCUT2D eigenvalue weighted by Gasteiger charge is -2.25. The SMILES string of the molecule is O=C(C(Cl)c1ccccc1)N1CCSC1c1cccs1. The molecule has 2 atom stereocenters. The first-order valence-electron chi connectivity index (χ1n) is 6.42. The Morgan fingerprint density at radius 1 is 1.25 bits per heavy atom. The van der Waals surface area contributed by atoms with Crippen molar-refractivity contribution in [3.05, 3.63) is 58.3 Å². The van der Waals surface area contributed by atoms with Gasteiger partial charge in [-0.05, 0) is 17.0 Å². The molecule has 2 nitrogen and oxygen atoms in total. The number of hydrogen-bond acceptors (Lipinski definition) is 3. The topological polar surface area (TPSA) is 20.3 Å². The number of alkyl halides is 1. The summed E-state index contributed by atoms with van der Waals surface area (Å²) in [6.07, 6.45) is 0. The second-order valence-electron chi connectivity index (χ2n) is 4.54. The second-order valence-corrected chi connectivity index (χ2v) is 7.15. The Morgan fingerprint density at radius 3 is 2.75 bits per heavy atom. The Hall–Kier alpha value is -0.970. The fourth-order valence-electron chi connectivity index (χ4n) is 2.27. The quantitative estimate of drug-likeness (QED) is 0.785. The van der Waals surface area contributed by atoms with Gasteiger partial charge in [0.15, 0.2) is 0 Å². The molecule has 0 bridgehead atoms. The fraction of sp³-hybridized carbons (Fsp3) is 0.267. The lowest BCUT2D eigenvalue weighted by Crippen LogP contribution is -2.32. The first kappa shape index (κ1) is 14.0. The van der Waals surface area contributed by atoms with E-state index in [1.807, 2.05) is 46.7 Å². The number of halogens is 1. The van der Waals surface area contributed by atoms with Crippen LogP contribution in [0.5, 0.6) is 0 Å². The molecule has 2 heterocycles. The number of amides is 1. The highest BCUT2D eigenvalue weighted by Crippen LogP contribution is 2.41. The van der Waals surface area contributed by atoms with E-state index in [9.17, 15) is 4.79 Å². The van der Waals surface area contributed by atoms with E-state index in [0.29, 0.717) is 0 Å². The van der Waals surface area contributed by atoms with Crippen LogP contribution in [0, 0.1) is 0 Å². The molecule has 104 valence electrons. The van der Waals surface area contributed by atoms with Crippen molar-refractivity contribution in [3.63, 3.8) is 0 Å². The van der Waals surface area contributed by atoms with Crippen LogP contribution in [0.25, 0.3) is 0 Å². The molecule has 2 unspecified atom stereocenters. The summed E-state index contributed by atoms with van der Waals surface area (Å²) in [4.78, 5) is 15.8. The molecule has 3 rings (SSSR count). The Labute approximate surface area is 131 Å². The third-order valence-corrected chi connectivity index (χ3v) is 6.02. The number of thiophene rings is 1. The van der Waals surface area contributed by atoms with E-state index in [1.165, 1.54) is 4.88 Å². The summed E-state index contributed by atoms with van der Waals surface area (Å²) in [6.45, 7) is 0.766. The smallest absolute Gasteiger partial charge is 0.246 e. The summed E-state index contributed by atoms with van der Waals surface area (Å²) >= 11 is 9.86. The van der Waals surface area contributed by atoms with E-state index in [1.54, 1.807) is 23.1 Å². The average molecular weight is 324 g/mol. The van der Waals surface area contributed by atoms with Crippen molar-refractivity contribution in [2.45, 2.75) is 10.8 Å². The van der Waals surface area contributed by atoms with E-state index in [-0.39, 0.29) is 11.3 Å². The fourth-order valence-corrected chi connectivity index (χ4v) is 4.79. The molecule has 1 aromatic heterocycles. The molecule has 1 saturated heterocycles. The van der Waals surface area contributed by atoms with Gasteiger partial charge in [-0.1, -0.05) is 36.4 Å². The number of rotatable bonds is 3. The Kier molecular flexibility index (Phi) is 4.34. The lowest BCUT2D eigenvalue weighted by atomic mass is 10.1. The summed E-state index contributed by atoms with van der Waals surface area (Å²) in [6, 6.07) is 13.7. The van der Waals surface area contributed by atoms with Crippen LogP contribution in [0.2, 0.25) is 0 Å². The van der Waals surface area contributed by atoms with Gasteiger partial charge in [0.25, 0.3) is 0 Å². The molecule has 1 aliphatic rings. The van der Waals surface area contributed by atoms with E-state index >= 15 is 0 Å². The standard InChI is InChI=1S/C15H14ClNOS2/c16-13(11-5-2-1-3-6-11)14(18)17-8-10-20-15(17)12-7-4-9-19-12/h1-7,9,13,15H,8,10H2. The van der Waals surface area contributed by atoms with Gasteiger partial charge < -0.3 is 4.90 Å². The van der Waals surface area contributed by atoms with E-state index in [0.717, 1.165) is 17.9 Å². The molecule has 5 heteroatoms. The number of thioether (sulfide) groups is 1. The highest BCUT2D eigenvalue weighted by atomic mass is 35.5. The molecule has 0 radical (unpaired) electrons. The van der Waals surface area contributed by atoms with Crippen LogP contribution in [-0.4, -0.2) is 23.1 Å². The van der Waals surface area contributed by atoms with Gasteiger partial charge in [0.2, 0.25) is 5.91 Å². The molecular weight excluding hydrogens is 310 g/mol. The van der Waals surface area contributed by atoms with Crippen LogP contribution < -0.4 is 0 Å². The monoisotopic (exact) mass is 323 g/mol. The molecule has 2 aromatic rings. The first-order valence-corrected chi connectivity index (χ1v) is 8.78. The van der Waals surface area contributed by atoms with E-state index in [4.69, 9.17) is 11.6 Å². The minimum atomic E-state index is -0.600. The maximum atomic E-state index is 12.6. The lowest BCUT2D eigenvalue weighted by molar-refractivity contribution is -0.131. The molecule has 20 heavy (non-hydrogen) atoms. The number of hydrogen-bond donors (Lipinski definition) is 0. The Bertz CT molecular complexity index is 573. The zero-order valence-corrected chi connectivity index (χ0v) is 13.1. The van der Waals surface area contributed by atoms with Crippen molar-refractivity contribution in [1.29, 1.82) is 0 Å². The van der Waals surface area contributed by atoms with Gasteiger partial charge in [-0.25, -0.2) is 0 Å². The molecular formula is C15H14ClNOS2. The Morgan fingerprint density at radius 2 is 2.05 bits per heavy atom. The number of benzene rings is 1. The summed E-state index contributed by atoms with van der Waals surface area (Å²) < 4.78 is 0. The van der Waals surface area contributed by atoms with Crippen molar-refractivity contribution in [3.8, 4) is 0 Å². The molecule has 1 fully saturated rings. The zero-order valence-electron chi connectivity index (χ0n) is 10.7.